The van der Waals surface area contributed by atoms with Gasteiger partial charge in [-0.3, -0.25) is 4.79 Å². The number of nitrogens with two attached hydrogens (primary N) is 1. The number of likely N-dealkylation sites (tertiary alicyclic amines) is 1. The van der Waals surface area contributed by atoms with Crippen molar-refractivity contribution < 1.29 is 13.2 Å². The number of hydrogen-bond donors (Lipinski definition) is 2. The highest BCUT2D eigenvalue weighted by atomic mass is 32.2. The minimum Gasteiger partial charge on any atom is -0.365 e. The van der Waals surface area contributed by atoms with Gasteiger partial charge < -0.3 is 10.2 Å². The highest BCUT2D eigenvalue weighted by Gasteiger charge is 2.28. The summed E-state index contributed by atoms with van der Waals surface area (Å²) < 4.78 is 25.3. The number of nitrogens with one attached hydrogen (secondary N) is 1. The number of fused-ring (bicyclic) bond motifs is 1. The van der Waals surface area contributed by atoms with Gasteiger partial charge >= 0.3 is 0 Å². The van der Waals surface area contributed by atoms with Crippen LogP contribution in [0.25, 0.3) is 5.65 Å². The molecule has 3 N–H and O–H groups in total. The van der Waals surface area contributed by atoms with Gasteiger partial charge in [-0.05, 0) is 29.9 Å². The van der Waals surface area contributed by atoms with Crippen LogP contribution in [0.2, 0.25) is 0 Å². The Balaban J connectivity index is 1.45. The molecule has 1 saturated heterocycles. The predicted molar refractivity (Wildman–Crippen MR) is 132 cm³/mol. The van der Waals surface area contributed by atoms with Gasteiger partial charge in [0, 0.05) is 25.8 Å². The number of carbonyl (C=O) groups excluding carboxylic acids is 1. The first-order valence-corrected chi connectivity index (χ1v) is 13.0. The van der Waals surface area contributed by atoms with Crippen molar-refractivity contribution in [3.63, 3.8) is 0 Å². The molecule has 0 saturated carbocycles. The van der Waals surface area contributed by atoms with Gasteiger partial charge in [0.1, 0.15) is 16.3 Å². The normalized spacial score (nSPS) is 14.8. The highest BCUT2D eigenvalue weighted by molar-refractivity contribution is 7.89. The van der Waals surface area contributed by atoms with Crippen LogP contribution >= 0.6 is 0 Å². The number of primary sulfonamides is 1. The van der Waals surface area contributed by atoms with E-state index in [0.29, 0.717) is 36.9 Å². The second kappa shape index (κ2) is 9.47. The lowest BCUT2D eigenvalue weighted by Gasteiger charge is -2.32. The molecule has 35 heavy (non-hydrogen) atoms. The molecule has 5 rings (SSSR count). The standard InChI is InChI=1S/C25H26N6O3S/c26-35(33,34)22-17-29-31-23(27-15-18-7-3-1-4-8-18)21(16-28-24(22)31)25(32)30-13-11-20(12-14-30)19-9-5-2-6-10-19/h1-10,16-17,20,27H,11-15H2,(H2,26,33,34). The Hall–Kier alpha value is -3.76. The summed E-state index contributed by atoms with van der Waals surface area (Å²) in [5.74, 6) is 0.623. The van der Waals surface area contributed by atoms with Crippen LogP contribution in [0, 0.1) is 0 Å². The van der Waals surface area contributed by atoms with E-state index in [2.05, 4.69) is 27.5 Å². The van der Waals surface area contributed by atoms with Crippen molar-refractivity contribution in [3.8, 4) is 0 Å². The van der Waals surface area contributed by atoms with Crippen LogP contribution in [-0.4, -0.2) is 46.9 Å². The van der Waals surface area contributed by atoms with Gasteiger partial charge in [0.15, 0.2) is 5.65 Å². The van der Waals surface area contributed by atoms with Gasteiger partial charge in [-0.15, -0.1) is 0 Å². The van der Waals surface area contributed by atoms with Gasteiger partial charge in [0.05, 0.1) is 6.20 Å². The maximum absolute atomic E-state index is 13.6. The number of hydrogen-bond acceptors (Lipinski definition) is 6. The number of benzene rings is 2. The second-order valence-corrected chi connectivity index (χ2v) is 10.2. The maximum Gasteiger partial charge on any atom is 0.259 e. The number of rotatable bonds is 6. The van der Waals surface area contributed by atoms with Crippen LogP contribution in [0.3, 0.4) is 0 Å². The number of amides is 1. The SMILES string of the molecule is NS(=O)(=O)c1cnn2c(NCc3ccccc3)c(C(=O)N3CCC(c4ccccc4)CC3)cnc12. The van der Waals surface area contributed by atoms with Crippen LogP contribution in [0.1, 0.15) is 40.2 Å². The smallest absolute Gasteiger partial charge is 0.259 e. The van der Waals surface area contributed by atoms with E-state index in [4.69, 9.17) is 5.14 Å². The number of anilines is 1. The third kappa shape index (κ3) is 4.75. The Morgan fingerprint density at radius 3 is 2.31 bits per heavy atom. The fourth-order valence-corrected chi connectivity index (χ4v) is 5.12. The molecule has 1 aliphatic rings. The summed E-state index contributed by atoms with van der Waals surface area (Å²) in [5.41, 5.74) is 2.69. The first kappa shape index (κ1) is 23.0. The first-order valence-electron chi connectivity index (χ1n) is 11.4. The molecule has 0 aliphatic carbocycles. The lowest BCUT2D eigenvalue weighted by atomic mass is 9.89. The molecule has 180 valence electrons. The van der Waals surface area contributed by atoms with Gasteiger partial charge in [-0.2, -0.15) is 9.61 Å². The molecule has 0 bridgehead atoms. The zero-order valence-corrected chi connectivity index (χ0v) is 19.9. The van der Waals surface area contributed by atoms with Crippen LogP contribution in [0.5, 0.6) is 0 Å². The Labute approximate surface area is 203 Å². The molecule has 10 heteroatoms. The molecule has 0 unspecified atom stereocenters. The van der Waals surface area contributed by atoms with Crippen molar-refractivity contribution in [1.29, 1.82) is 0 Å². The fraction of sp³-hybridized carbons (Fsp3) is 0.240. The van der Waals surface area contributed by atoms with Gasteiger partial charge in [0.25, 0.3) is 5.91 Å². The minimum atomic E-state index is -4.02. The molecule has 0 atom stereocenters. The van der Waals surface area contributed by atoms with Crippen molar-refractivity contribution in [1.82, 2.24) is 19.5 Å². The van der Waals surface area contributed by atoms with Crippen LogP contribution in [0.15, 0.2) is 78.0 Å². The van der Waals surface area contributed by atoms with E-state index in [1.807, 2.05) is 53.4 Å². The Kier molecular flexibility index (Phi) is 6.23. The average Bonchev–Trinajstić information content (AvgIpc) is 3.33. The number of aromatic nitrogens is 3. The summed E-state index contributed by atoms with van der Waals surface area (Å²) in [4.78, 5) is 19.5. The van der Waals surface area contributed by atoms with E-state index in [-0.39, 0.29) is 16.4 Å². The van der Waals surface area contributed by atoms with E-state index in [1.54, 1.807) is 0 Å². The molecular weight excluding hydrogens is 464 g/mol. The first-order chi connectivity index (χ1) is 16.9. The Bertz CT molecular complexity index is 1450. The molecule has 0 radical (unpaired) electrons. The van der Waals surface area contributed by atoms with Gasteiger partial charge in [-0.1, -0.05) is 60.7 Å². The fourth-order valence-electron chi connectivity index (χ4n) is 4.53. The summed E-state index contributed by atoms with van der Waals surface area (Å²) in [6.45, 7) is 1.66. The molecule has 3 heterocycles. The third-order valence-electron chi connectivity index (χ3n) is 6.39. The van der Waals surface area contributed by atoms with Gasteiger partial charge in [-0.25, -0.2) is 18.5 Å². The molecule has 2 aromatic carbocycles. The monoisotopic (exact) mass is 490 g/mol. The van der Waals surface area contributed by atoms with Crippen molar-refractivity contribution in [2.45, 2.75) is 30.2 Å². The van der Waals surface area contributed by atoms with E-state index in [9.17, 15) is 13.2 Å². The van der Waals surface area contributed by atoms with E-state index < -0.39 is 10.0 Å². The minimum absolute atomic E-state index is 0.0717. The van der Waals surface area contributed by atoms with Crippen molar-refractivity contribution in [2.75, 3.05) is 18.4 Å². The number of piperidine rings is 1. The zero-order valence-electron chi connectivity index (χ0n) is 19.0. The number of nitrogens with zero attached hydrogens (tertiary/aromatic N) is 4. The van der Waals surface area contributed by atoms with Crippen molar-refractivity contribution in [3.05, 3.63) is 89.7 Å². The Morgan fingerprint density at radius 1 is 1.00 bits per heavy atom. The van der Waals surface area contributed by atoms with Crippen molar-refractivity contribution in [2.24, 2.45) is 5.14 Å². The lowest BCUT2D eigenvalue weighted by molar-refractivity contribution is 0.0713. The van der Waals surface area contributed by atoms with E-state index in [1.165, 1.54) is 16.3 Å². The summed E-state index contributed by atoms with van der Waals surface area (Å²) in [5, 5.41) is 12.8. The summed E-state index contributed by atoms with van der Waals surface area (Å²) in [7, 11) is -4.02. The summed E-state index contributed by atoms with van der Waals surface area (Å²) in [6, 6.07) is 20.0. The van der Waals surface area contributed by atoms with Crippen LogP contribution < -0.4 is 10.5 Å². The zero-order chi connectivity index (χ0) is 24.4. The number of carbonyl (C=O) groups is 1. The number of sulfonamides is 1. The molecule has 9 nitrogen and oxygen atoms in total. The van der Waals surface area contributed by atoms with Crippen LogP contribution in [0.4, 0.5) is 5.82 Å². The molecule has 1 amide bonds. The second-order valence-electron chi connectivity index (χ2n) is 8.63. The highest BCUT2D eigenvalue weighted by Crippen LogP contribution is 2.30. The molecule has 2 aromatic heterocycles. The van der Waals surface area contributed by atoms with Gasteiger partial charge in [0.2, 0.25) is 10.0 Å². The quantitative estimate of drug-likeness (QED) is 0.428. The summed E-state index contributed by atoms with van der Waals surface area (Å²) >= 11 is 0. The topological polar surface area (TPSA) is 123 Å². The van der Waals surface area contributed by atoms with E-state index in [0.717, 1.165) is 24.6 Å². The molecular formula is C25H26N6O3S. The molecule has 4 aromatic rings. The molecule has 1 aliphatic heterocycles. The maximum atomic E-state index is 13.6. The molecule has 0 spiro atoms. The largest absolute Gasteiger partial charge is 0.365 e. The third-order valence-corrected chi connectivity index (χ3v) is 7.29. The van der Waals surface area contributed by atoms with Crippen molar-refractivity contribution >= 4 is 27.4 Å². The Morgan fingerprint density at radius 2 is 1.66 bits per heavy atom. The lowest BCUT2D eigenvalue weighted by Crippen LogP contribution is -2.38. The van der Waals surface area contributed by atoms with Crippen LogP contribution in [-0.2, 0) is 16.6 Å². The molecule has 1 fully saturated rings. The van der Waals surface area contributed by atoms with E-state index >= 15 is 0 Å². The predicted octanol–water partition coefficient (Wildman–Crippen LogP) is 3.01. The average molecular weight is 491 g/mol. The summed E-state index contributed by atoms with van der Waals surface area (Å²) in [6.07, 6.45) is 4.31.